The van der Waals surface area contributed by atoms with E-state index in [9.17, 15) is 14.7 Å². The predicted octanol–water partition coefficient (Wildman–Crippen LogP) is 4.03. The molecule has 0 aromatic heterocycles. The minimum Gasteiger partial charge on any atom is -0.480 e. The Bertz CT molecular complexity index is 938. The molecule has 1 atom stereocenters. The van der Waals surface area contributed by atoms with Gasteiger partial charge in [0.25, 0.3) is 0 Å². The Balaban J connectivity index is 1.59. The predicted molar refractivity (Wildman–Crippen MR) is 103 cm³/mol. The van der Waals surface area contributed by atoms with Crippen molar-refractivity contribution in [3.8, 4) is 11.1 Å². The monoisotopic (exact) mass is 380 g/mol. The van der Waals surface area contributed by atoms with Gasteiger partial charge >= 0.3 is 12.1 Å². The van der Waals surface area contributed by atoms with Crippen LogP contribution in [-0.2, 0) is 22.6 Å². The number of azide groups is 1. The molecule has 8 heteroatoms. The number of alkyl carbamates (subject to hydrolysis) is 1. The summed E-state index contributed by atoms with van der Waals surface area (Å²) >= 11 is 0. The number of ether oxygens (including phenoxy) is 1. The highest BCUT2D eigenvalue weighted by Gasteiger charge is 2.22. The van der Waals surface area contributed by atoms with Crippen LogP contribution in [0.25, 0.3) is 21.6 Å². The first-order valence-corrected chi connectivity index (χ1v) is 8.96. The van der Waals surface area contributed by atoms with Crippen LogP contribution in [0.4, 0.5) is 4.79 Å². The van der Waals surface area contributed by atoms with E-state index in [0.29, 0.717) is 6.42 Å². The molecule has 0 aliphatic heterocycles. The number of nitrogens with zero attached hydrogens (tertiary/aromatic N) is 3. The third-order valence-corrected chi connectivity index (χ3v) is 4.71. The van der Waals surface area contributed by atoms with Crippen molar-refractivity contribution in [1.82, 2.24) is 5.32 Å². The third-order valence-electron chi connectivity index (χ3n) is 4.71. The summed E-state index contributed by atoms with van der Waals surface area (Å²) in [5, 5.41) is 14.9. The Hall–Kier alpha value is -3.51. The van der Waals surface area contributed by atoms with E-state index < -0.39 is 18.1 Å². The minimum absolute atomic E-state index is 0.0636. The van der Waals surface area contributed by atoms with E-state index in [0.717, 1.165) is 23.1 Å². The zero-order chi connectivity index (χ0) is 19.9. The second kappa shape index (κ2) is 8.92. The molecule has 1 aliphatic carbocycles. The van der Waals surface area contributed by atoms with Crippen molar-refractivity contribution in [2.75, 3.05) is 6.54 Å². The zero-order valence-corrected chi connectivity index (χ0v) is 15.2. The lowest BCUT2D eigenvalue weighted by atomic mass is 10.0. The SMILES string of the molecule is [N-]=[N+]=NCCC[C@H](NC(=O)OCc1cccc2c1Cc1ccccc1-2)C(=O)O. The number of fused-ring (bicyclic) bond motifs is 3. The highest BCUT2D eigenvalue weighted by Crippen LogP contribution is 2.38. The van der Waals surface area contributed by atoms with Gasteiger partial charge in [0.2, 0.25) is 0 Å². The van der Waals surface area contributed by atoms with Crippen LogP contribution in [0.15, 0.2) is 47.6 Å². The summed E-state index contributed by atoms with van der Waals surface area (Å²) in [6.45, 7) is 0.238. The van der Waals surface area contributed by atoms with E-state index >= 15 is 0 Å². The molecule has 0 saturated carbocycles. The topological polar surface area (TPSA) is 124 Å². The molecule has 2 aromatic rings. The van der Waals surface area contributed by atoms with Gasteiger partial charge in [0.1, 0.15) is 12.6 Å². The molecule has 1 amide bonds. The van der Waals surface area contributed by atoms with E-state index in [1.807, 2.05) is 24.3 Å². The summed E-state index contributed by atoms with van der Waals surface area (Å²) in [6, 6.07) is 13.0. The zero-order valence-electron chi connectivity index (χ0n) is 15.2. The number of benzene rings is 2. The molecule has 0 radical (unpaired) electrons. The van der Waals surface area contributed by atoms with Crippen molar-refractivity contribution in [3.05, 3.63) is 69.6 Å². The van der Waals surface area contributed by atoms with Crippen molar-refractivity contribution in [1.29, 1.82) is 0 Å². The number of hydrogen-bond acceptors (Lipinski definition) is 4. The van der Waals surface area contributed by atoms with Gasteiger partial charge in [-0.2, -0.15) is 0 Å². The molecular formula is C20H20N4O4. The largest absolute Gasteiger partial charge is 0.480 e. The van der Waals surface area contributed by atoms with Crippen LogP contribution in [0.5, 0.6) is 0 Å². The summed E-state index contributed by atoms with van der Waals surface area (Å²) in [5.41, 5.74) is 13.8. The highest BCUT2D eigenvalue weighted by atomic mass is 16.5. The van der Waals surface area contributed by atoms with Crippen molar-refractivity contribution in [2.45, 2.75) is 31.9 Å². The highest BCUT2D eigenvalue weighted by molar-refractivity contribution is 5.80. The Labute approximate surface area is 161 Å². The number of hydrogen-bond donors (Lipinski definition) is 2. The summed E-state index contributed by atoms with van der Waals surface area (Å²) in [5.74, 6) is -1.16. The molecule has 0 spiro atoms. The smallest absolute Gasteiger partial charge is 0.408 e. The number of amides is 1. The maximum atomic E-state index is 12.1. The number of carbonyl (C=O) groups excluding carboxylic acids is 1. The first-order chi connectivity index (χ1) is 13.6. The molecule has 1 aliphatic rings. The summed E-state index contributed by atoms with van der Waals surface area (Å²) < 4.78 is 5.26. The Morgan fingerprint density at radius 2 is 2.00 bits per heavy atom. The molecule has 8 nitrogen and oxygen atoms in total. The Morgan fingerprint density at radius 3 is 2.79 bits per heavy atom. The molecule has 0 saturated heterocycles. The summed E-state index contributed by atoms with van der Waals surface area (Å²) in [6.07, 6.45) is 0.499. The fourth-order valence-electron chi connectivity index (χ4n) is 3.35. The summed E-state index contributed by atoms with van der Waals surface area (Å²) in [7, 11) is 0. The van der Waals surface area contributed by atoms with Gasteiger partial charge < -0.3 is 15.2 Å². The third kappa shape index (κ3) is 4.42. The van der Waals surface area contributed by atoms with E-state index in [-0.39, 0.29) is 19.6 Å². The van der Waals surface area contributed by atoms with Crippen LogP contribution in [0.1, 0.15) is 29.5 Å². The average Bonchev–Trinajstić information content (AvgIpc) is 3.08. The first-order valence-electron chi connectivity index (χ1n) is 8.96. The van der Waals surface area contributed by atoms with Gasteiger partial charge in [0.15, 0.2) is 0 Å². The standard InChI is InChI=1S/C20H20N4O4/c21-24-22-10-4-9-18(19(25)26)23-20(27)28-12-14-6-3-8-16-15-7-2-1-5-13(15)11-17(14)16/h1-3,5-8,18H,4,9-12H2,(H,23,27)(H,25,26)/t18-/m0/s1. The molecule has 0 unspecified atom stereocenters. The average molecular weight is 380 g/mol. The van der Waals surface area contributed by atoms with Gasteiger partial charge in [-0.25, -0.2) is 9.59 Å². The first kappa shape index (κ1) is 19.3. The lowest BCUT2D eigenvalue weighted by Gasteiger charge is -2.15. The van der Waals surface area contributed by atoms with Crippen molar-refractivity contribution < 1.29 is 19.4 Å². The molecular weight excluding hydrogens is 360 g/mol. The van der Waals surface area contributed by atoms with Crippen LogP contribution in [0.2, 0.25) is 0 Å². The lowest BCUT2D eigenvalue weighted by Crippen LogP contribution is -2.41. The van der Waals surface area contributed by atoms with Gasteiger partial charge in [0, 0.05) is 11.5 Å². The van der Waals surface area contributed by atoms with Crippen molar-refractivity contribution in [3.63, 3.8) is 0 Å². The van der Waals surface area contributed by atoms with Crippen molar-refractivity contribution in [2.24, 2.45) is 5.11 Å². The summed E-state index contributed by atoms with van der Waals surface area (Å²) in [4.78, 5) is 25.9. The number of carbonyl (C=O) groups is 2. The fraction of sp³-hybridized carbons (Fsp3) is 0.300. The second-order valence-electron chi connectivity index (χ2n) is 6.49. The Kier molecular flexibility index (Phi) is 6.14. The van der Waals surface area contributed by atoms with Gasteiger partial charge in [-0.3, -0.25) is 0 Å². The molecule has 144 valence electrons. The molecule has 0 heterocycles. The lowest BCUT2D eigenvalue weighted by molar-refractivity contribution is -0.139. The van der Waals surface area contributed by atoms with Crippen molar-refractivity contribution >= 4 is 12.1 Å². The normalized spacial score (nSPS) is 12.3. The fourth-order valence-corrected chi connectivity index (χ4v) is 3.35. The Morgan fingerprint density at radius 1 is 1.21 bits per heavy atom. The van der Waals surface area contributed by atoms with Crippen LogP contribution >= 0.6 is 0 Å². The number of carboxylic acid groups (broad SMARTS) is 1. The van der Waals surface area contributed by atoms with E-state index in [1.165, 1.54) is 11.1 Å². The maximum absolute atomic E-state index is 12.1. The number of aliphatic carboxylic acids is 1. The van der Waals surface area contributed by atoms with E-state index in [2.05, 4.69) is 33.5 Å². The van der Waals surface area contributed by atoms with Crippen LogP contribution in [0.3, 0.4) is 0 Å². The number of carboxylic acids is 1. The number of nitrogens with one attached hydrogen (secondary N) is 1. The van der Waals surface area contributed by atoms with E-state index in [4.69, 9.17) is 10.3 Å². The van der Waals surface area contributed by atoms with Gasteiger partial charge in [-0.15, -0.1) is 0 Å². The molecule has 0 bridgehead atoms. The van der Waals surface area contributed by atoms with Crippen LogP contribution < -0.4 is 5.32 Å². The van der Waals surface area contributed by atoms with Gasteiger partial charge in [0.05, 0.1) is 0 Å². The van der Waals surface area contributed by atoms with Crippen LogP contribution in [-0.4, -0.2) is 29.8 Å². The number of rotatable bonds is 8. The maximum Gasteiger partial charge on any atom is 0.408 e. The quantitative estimate of drug-likeness (QED) is 0.265. The molecule has 28 heavy (non-hydrogen) atoms. The minimum atomic E-state index is -1.16. The van der Waals surface area contributed by atoms with Gasteiger partial charge in [-0.05, 0) is 52.6 Å². The molecule has 3 rings (SSSR count). The molecule has 2 N–H and O–H groups in total. The molecule has 0 fully saturated rings. The van der Waals surface area contributed by atoms with Crippen LogP contribution in [0, 0.1) is 0 Å². The molecule has 2 aromatic carbocycles. The second-order valence-corrected chi connectivity index (χ2v) is 6.49. The van der Waals surface area contributed by atoms with E-state index in [1.54, 1.807) is 0 Å². The van der Waals surface area contributed by atoms with Gasteiger partial charge in [-0.1, -0.05) is 47.6 Å².